The number of aryl methyl sites for hydroxylation is 1. The lowest BCUT2D eigenvalue weighted by atomic mass is 10.2. The molecule has 35 heavy (non-hydrogen) atoms. The molecule has 0 aliphatic carbocycles. The number of hydrogen-bond donors (Lipinski definition) is 3. The van der Waals surface area contributed by atoms with Gasteiger partial charge in [-0.1, -0.05) is 48.5 Å². The summed E-state index contributed by atoms with van der Waals surface area (Å²) in [7, 11) is -3.97. The minimum Gasteiger partial charge on any atom is -0.449 e. The number of carbonyl (C=O) groups excluding carboxylic acids is 3. The summed E-state index contributed by atoms with van der Waals surface area (Å²) in [6, 6.07) is 20.5. The minimum absolute atomic E-state index is 0.0645. The van der Waals surface area contributed by atoms with E-state index in [0.29, 0.717) is 5.69 Å². The average molecular weight is 496 g/mol. The number of amides is 3. The molecule has 0 aromatic heterocycles. The van der Waals surface area contributed by atoms with E-state index in [1.807, 2.05) is 43.3 Å². The van der Waals surface area contributed by atoms with E-state index < -0.39 is 34.0 Å². The van der Waals surface area contributed by atoms with Gasteiger partial charge in [-0.25, -0.2) is 18.0 Å². The van der Waals surface area contributed by atoms with Gasteiger partial charge in [0.05, 0.1) is 10.5 Å². The van der Waals surface area contributed by atoms with E-state index in [0.717, 1.165) is 17.2 Å². The van der Waals surface area contributed by atoms with Crippen LogP contribution < -0.4 is 15.4 Å². The van der Waals surface area contributed by atoms with Crippen LogP contribution in [0.25, 0.3) is 0 Å². The number of ether oxygens (including phenoxy) is 1. The van der Waals surface area contributed by atoms with E-state index in [4.69, 9.17) is 4.74 Å². The monoisotopic (exact) mass is 495 g/mol. The van der Waals surface area contributed by atoms with Gasteiger partial charge in [0, 0.05) is 12.2 Å². The summed E-state index contributed by atoms with van der Waals surface area (Å²) in [5.74, 6) is -1.74. The molecule has 10 heteroatoms. The summed E-state index contributed by atoms with van der Waals surface area (Å²) < 4.78 is 33.0. The van der Waals surface area contributed by atoms with E-state index in [-0.39, 0.29) is 17.0 Å². The Morgan fingerprint density at radius 3 is 2.34 bits per heavy atom. The molecule has 0 saturated carbocycles. The molecule has 3 amide bonds. The number of sulfonamides is 1. The second-order valence-corrected chi connectivity index (χ2v) is 9.39. The molecule has 3 aromatic carbocycles. The summed E-state index contributed by atoms with van der Waals surface area (Å²) in [5, 5.41) is 4.63. The van der Waals surface area contributed by atoms with Crippen molar-refractivity contribution in [3.05, 3.63) is 95.6 Å². The van der Waals surface area contributed by atoms with Crippen molar-refractivity contribution >= 4 is 33.6 Å². The highest BCUT2D eigenvalue weighted by Crippen LogP contribution is 2.18. The zero-order valence-corrected chi connectivity index (χ0v) is 20.0. The number of carbonyl (C=O) groups is 3. The smallest absolute Gasteiger partial charge is 0.338 e. The molecule has 0 radical (unpaired) electrons. The van der Waals surface area contributed by atoms with Crippen molar-refractivity contribution in [2.75, 3.05) is 4.72 Å². The maximum atomic E-state index is 12.7. The van der Waals surface area contributed by atoms with Crippen LogP contribution in [0.4, 0.5) is 10.5 Å². The number of esters is 1. The van der Waals surface area contributed by atoms with Crippen LogP contribution in [-0.4, -0.2) is 32.4 Å². The first kappa shape index (κ1) is 25.4. The van der Waals surface area contributed by atoms with Crippen LogP contribution in [0.5, 0.6) is 0 Å². The molecule has 1 atom stereocenters. The molecule has 0 heterocycles. The van der Waals surface area contributed by atoms with E-state index >= 15 is 0 Å². The van der Waals surface area contributed by atoms with Gasteiger partial charge in [0.25, 0.3) is 15.9 Å². The highest BCUT2D eigenvalue weighted by atomic mass is 32.2. The number of anilines is 1. The first-order valence-corrected chi connectivity index (χ1v) is 12.2. The van der Waals surface area contributed by atoms with Crippen molar-refractivity contribution < 1.29 is 27.5 Å². The summed E-state index contributed by atoms with van der Waals surface area (Å²) in [6.07, 6.45) is -1.30. The second-order valence-electron chi connectivity index (χ2n) is 7.71. The van der Waals surface area contributed by atoms with Crippen LogP contribution in [0.2, 0.25) is 0 Å². The summed E-state index contributed by atoms with van der Waals surface area (Å²) in [5.41, 5.74) is 2.05. The van der Waals surface area contributed by atoms with Crippen molar-refractivity contribution in [2.24, 2.45) is 0 Å². The van der Waals surface area contributed by atoms with E-state index in [2.05, 4.69) is 15.4 Å². The zero-order valence-electron chi connectivity index (χ0n) is 19.1. The lowest BCUT2D eigenvalue weighted by Crippen LogP contribution is -2.44. The standard InChI is InChI=1S/C25H25N3O6S/c1-17-8-6-12-21(14-17)28-35(32,33)22-13-7-11-20(15-22)24(30)34-18(2)23(29)27-25(31)26-16-19-9-4-3-5-10-19/h3-15,18,28H,16H2,1-2H3,(H2,26,27,29,31). The summed E-state index contributed by atoms with van der Waals surface area (Å²) >= 11 is 0. The van der Waals surface area contributed by atoms with E-state index in [1.165, 1.54) is 25.1 Å². The minimum atomic E-state index is -3.97. The molecule has 0 saturated heterocycles. The number of imide groups is 1. The van der Waals surface area contributed by atoms with Crippen molar-refractivity contribution in [3.63, 3.8) is 0 Å². The van der Waals surface area contributed by atoms with Gasteiger partial charge in [-0.05, 0) is 55.3 Å². The van der Waals surface area contributed by atoms with Crippen molar-refractivity contribution in [2.45, 2.75) is 31.4 Å². The number of hydrogen-bond acceptors (Lipinski definition) is 6. The van der Waals surface area contributed by atoms with Crippen LogP contribution in [0.15, 0.2) is 83.8 Å². The van der Waals surface area contributed by atoms with Crippen LogP contribution in [0, 0.1) is 6.92 Å². The molecule has 9 nitrogen and oxygen atoms in total. The van der Waals surface area contributed by atoms with E-state index in [1.54, 1.807) is 18.2 Å². The average Bonchev–Trinajstić information content (AvgIpc) is 2.83. The molecular formula is C25H25N3O6S. The predicted octanol–water partition coefficient (Wildman–Crippen LogP) is 3.37. The molecule has 0 spiro atoms. The molecule has 0 aliphatic rings. The van der Waals surface area contributed by atoms with Gasteiger partial charge < -0.3 is 10.1 Å². The van der Waals surface area contributed by atoms with Crippen LogP contribution in [-0.2, 0) is 26.1 Å². The molecule has 3 rings (SSSR count). The Labute approximate surface area is 203 Å². The molecule has 3 aromatic rings. The highest BCUT2D eigenvalue weighted by Gasteiger charge is 2.22. The van der Waals surface area contributed by atoms with Crippen LogP contribution in [0.1, 0.15) is 28.4 Å². The molecule has 3 N–H and O–H groups in total. The maximum Gasteiger partial charge on any atom is 0.338 e. The number of rotatable bonds is 8. The number of nitrogens with one attached hydrogen (secondary N) is 3. The molecule has 0 bridgehead atoms. The van der Waals surface area contributed by atoms with Crippen LogP contribution >= 0.6 is 0 Å². The van der Waals surface area contributed by atoms with Gasteiger partial charge in [-0.15, -0.1) is 0 Å². The van der Waals surface area contributed by atoms with Gasteiger partial charge in [0.2, 0.25) is 0 Å². The molecular weight excluding hydrogens is 470 g/mol. The Hall–Kier alpha value is -4.18. The fraction of sp³-hybridized carbons (Fsp3) is 0.160. The first-order chi connectivity index (χ1) is 16.6. The highest BCUT2D eigenvalue weighted by molar-refractivity contribution is 7.92. The largest absolute Gasteiger partial charge is 0.449 e. The number of benzene rings is 3. The van der Waals surface area contributed by atoms with Crippen molar-refractivity contribution in [1.82, 2.24) is 10.6 Å². The van der Waals surface area contributed by atoms with Crippen molar-refractivity contribution in [3.8, 4) is 0 Å². The van der Waals surface area contributed by atoms with Gasteiger partial charge in [0.1, 0.15) is 0 Å². The fourth-order valence-corrected chi connectivity index (χ4v) is 4.13. The molecule has 182 valence electrons. The van der Waals surface area contributed by atoms with Gasteiger partial charge in [0.15, 0.2) is 6.10 Å². The Bertz CT molecular complexity index is 1330. The van der Waals surface area contributed by atoms with Crippen LogP contribution in [0.3, 0.4) is 0 Å². The summed E-state index contributed by atoms with van der Waals surface area (Å²) in [6.45, 7) is 3.35. The SMILES string of the molecule is Cc1cccc(NS(=O)(=O)c2cccc(C(=O)OC(C)C(=O)NC(=O)NCc3ccccc3)c2)c1. The Balaban J connectivity index is 1.58. The first-order valence-electron chi connectivity index (χ1n) is 10.7. The lowest BCUT2D eigenvalue weighted by molar-refractivity contribution is -0.127. The predicted molar refractivity (Wildman–Crippen MR) is 130 cm³/mol. The quantitative estimate of drug-likeness (QED) is 0.411. The van der Waals surface area contributed by atoms with Gasteiger partial charge >= 0.3 is 12.0 Å². The third-order valence-electron chi connectivity index (χ3n) is 4.84. The Kier molecular flexibility index (Phi) is 8.21. The second kappa shape index (κ2) is 11.3. The molecule has 0 fully saturated rings. The number of urea groups is 1. The fourth-order valence-electron chi connectivity index (χ4n) is 3.03. The molecule has 1 unspecified atom stereocenters. The lowest BCUT2D eigenvalue weighted by Gasteiger charge is -2.14. The zero-order chi connectivity index (χ0) is 25.4. The topological polar surface area (TPSA) is 131 Å². The third kappa shape index (κ3) is 7.41. The van der Waals surface area contributed by atoms with Gasteiger partial charge in [-0.3, -0.25) is 14.8 Å². The van der Waals surface area contributed by atoms with Crippen molar-refractivity contribution in [1.29, 1.82) is 0 Å². The normalized spacial score (nSPS) is 11.7. The summed E-state index contributed by atoms with van der Waals surface area (Å²) in [4.78, 5) is 36.6. The third-order valence-corrected chi connectivity index (χ3v) is 6.21. The van der Waals surface area contributed by atoms with E-state index in [9.17, 15) is 22.8 Å². The Morgan fingerprint density at radius 1 is 0.914 bits per heavy atom. The maximum absolute atomic E-state index is 12.7. The van der Waals surface area contributed by atoms with Gasteiger partial charge in [-0.2, -0.15) is 0 Å². The Morgan fingerprint density at radius 2 is 1.63 bits per heavy atom. The molecule has 0 aliphatic heterocycles.